The molecule has 2 aromatic rings. The minimum atomic E-state index is -1.83. The molecule has 0 amide bonds. The van der Waals surface area contributed by atoms with E-state index in [1.54, 1.807) is 10.6 Å². The quantitative estimate of drug-likeness (QED) is 0.433. The molecule has 0 aliphatic rings. The van der Waals surface area contributed by atoms with Crippen molar-refractivity contribution in [2.45, 2.75) is 0 Å². The van der Waals surface area contributed by atoms with Crippen LogP contribution in [0.2, 0.25) is 0 Å². The van der Waals surface area contributed by atoms with E-state index in [2.05, 4.69) is 0 Å². The number of nitrogen functional groups attached to an aromatic ring is 1. The number of nitrogens with two attached hydrogens (primary N) is 1. The summed E-state index contributed by atoms with van der Waals surface area (Å²) in [5.41, 5.74) is 7.15. The molecule has 1 aromatic carbocycles. The molecule has 0 radical (unpaired) electrons. The molecule has 0 aliphatic heterocycles. The molecule has 0 bridgehead atoms. The fourth-order valence-corrected chi connectivity index (χ4v) is 5.65. The predicted molar refractivity (Wildman–Crippen MR) is 49.6 cm³/mol. The standard InChI is InChI=1S/C9H8N2O2.ClH.Hg/c10-7-3-1-2-4-8(7)11-5-9(12)13-6-11;;/h1-4,6,12H,10H2;1H;/q+1;;+1/p-2. The average Bonchev–Trinajstić information content (AvgIpc) is 2.60. The zero-order valence-corrected chi connectivity index (χ0v) is 14.1. The molecule has 0 unspecified atom stereocenters. The Morgan fingerprint density at radius 3 is 2.80 bits per heavy atom. The molecule has 0 atom stereocenters. The zero-order chi connectivity index (χ0) is 10.8. The Bertz CT molecular complexity index is 487. The van der Waals surface area contributed by atoms with Gasteiger partial charge in [-0.2, -0.15) is 0 Å². The average molecular weight is 411 g/mol. The third kappa shape index (κ3) is 1.96. The van der Waals surface area contributed by atoms with Crippen molar-refractivity contribution < 1.29 is 37.4 Å². The molecule has 1 aromatic heterocycles. The van der Waals surface area contributed by atoms with Crippen LogP contribution < -0.4 is 18.6 Å². The predicted octanol–water partition coefficient (Wildman–Crippen LogP) is 0.0737. The van der Waals surface area contributed by atoms with Crippen molar-refractivity contribution in [3.05, 3.63) is 30.7 Å². The molecule has 0 fully saturated rings. The maximum atomic E-state index is 11.3. The van der Waals surface area contributed by atoms with Crippen LogP contribution in [-0.2, 0) is 23.3 Å². The van der Waals surface area contributed by atoms with Crippen LogP contribution in [0, 0.1) is 0 Å². The number of para-hydroxylation sites is 2. The van der Waals surface area contributed by atoms with Crippen LogP contribution in [0.3, 0.4) is 0 Å². The molecule has 0 saturated heterocycles. The molecule has 15 heavy (non-hydrogen) atoms. The van der Waals surface area contributed by atoms with E-state index >= 15 is 0 Å². The second kappa shape index (κ2) is 4.41. The number of nitrogens with zero attached hydrogens (tertiary/aromatic N) is 1. The minimum absolute atomic E-state index is 0.338. The van der Waals surface area contributed by atoms with Crippen LogP contribution in [-0.4, -0.2) is 0 Å². The van der Waals surface area contributed by atoms with Gasteiger partial charge in [-0.15, -0.1) is 0 Å². The molecular weight excluding hydrogens is 404 g/mol. The van der Waals surface area contributed by atoms with Crippen LogP contribution in [0.5, 0.6) is 5.95 Å². The van der Waals surface area contributed by atoms with E-state index < -0.39 is 23.3 Å². The first-order valence-electron chi connectivity index (χ1n) is 4.34. The van der Waals surface area contributed by atoms with Crippen molar-refractivity contribution in [2.24, 2.45) is 0 Å². The van der Waals surface area contributed by atoms with Crippen molar-refractivity contribution in [3.8, 4) is 11.6 Å². The van der Waals surface area contributed by atoms with E-state index in [4.69, 9.17) is 18.4 Å². The Hall–Kier alpha value is -0.745. The van der Waals surface area contributed by atoms with Gasteiger partial charge in [0, 0.05) is 0 Å². The zero-order valence-electron chi connectivity index (χ0n) is 7.81. The first-order chi connectivity index (χ1) is 7.24. The van der Waals surface area contributed by atoms with Crippen molar-refractivity contribution in [2.75, 3.05) is 5.73 Å². The summed E-state index contributed by atoms with van der Waals surface area (Å²) in [5.74, 6) is -0.338. The number of aromatic nitrogens is 1. The molecule has 6 heteroatoms. The fourth-order valence-electron chi connectivity index (χ4n) is 1.36. The molecule has 74 valence electrons. The molecule has 2 N–H and O–H groups in total. The van der Waals surface area contributed by atoms with E-state index in [9.17, 15) is 5.11 Å². The Kier molecular flexibility index (Phi) is 3.16. The monoisotopic (exact) mass is 412 g/mol. The van der Waals surface area contributed by atoms with Crippen molar-refractivity contribution in [1.29, 1.82) is 0 Å². The number of benzene rings is 1. The molecule has 2 rings (SSSR count). The summed E-state index contributed by atoms with van der Waals surface area (Å²) in [4.78, 5) is 0. The summed E-state index contributed by atoms with van der Waals surface area (Å²) in [6.07, 6.45) is 1.37. The maximum absolute atomic E-state index is 11.3. The van der Waals surface area contributed by atoms with Gasteiger partial charge < -0.3 is 0 Å². The van der Waals surface area contributed by atoms with Crippen LogP contribution >= 0.6 is 8.25 Å². The summed E-state index contributed by atoms with van der Waals surface area (Å²) in [5, 5.41) is 11.3. The SMILES string of the molecule is Nc1ccccc1-[n+]1coc([O-])[c]1[Hg][Cl]. The van der Waals surface area contributed by atoms with Crippen molar-refractivity contribution in [1.82, 2.24) is 0 Å². The normalized spacial score (nSPS) is 9.93. The molecule has 1 heterocycles. The van der Waals surface area contributed by atoms with Gasteiger partial charge in [0.2, 0.25) is 0 Å². The van der Waals surface area contributed by atoms with Crippen molar-refractivity contribution >= 4 is 17.1 Å². The first-order valence-corrected chi connectivity index (χ1v) is 13.9. The van der Waals surface area contributed by atoms with E-state index in [0.29, 0.717) is 8.89 Å². The summed E-state index contributed by atoms with van der Waals surface area (Å²) in [6.45, 7) is 0. The van der Waals surface area contributed by atoms with Gasteiger partial charge in [-0.3, -0.25) is 0 Å². The topological polar surface area (TPSA) is 66.1 Å². The van der Waals surface area contributed by atoms with Crippen molar-refractivity contribution in [3.63, 3.8) is 0 Å². The molecule has 0 aliphatic carbocycles. The Labute approximate surface area is 102 Å². The Morgan fingerprint density at radius 2 is 2.13 bits per heavy atom. The molecule has 0 spiro atoms. The summed E-state index contributed by atoms with van der Waals surface area (Å²) in [6, 6.07) is 7.29. The van der Waals surface area contributed by atoms with Gasteiger partial charge in [-0.05, 0) is 0 Å². The number of hydrogen-bond acceptors (Lipinski definition) is 3. The fraction of sp³-hybridized carbons (Fsp3) is 0. The Balaban J connectivity index is 2.59. The summed E-state index contributed by atoms with van der Waals surface area (Å²) < 4.78 is 7.07. The van der Waals surface area contributed by atoms with E-state index in [-0.39, 0.29) is 5.95 Å². The van der Waals surface area contributed by atoms with Gasteiger partial charge in [0.25, 0.3) is 0 Å². The van der Waals surface area contributed by atoms with Crippen LogP contribution in [0.4, 0.5) is 5.69 Å². The second-order valence-electron chi connectivity index (χ2n) is 3.02. The van der Waals surface area contributed by atoms with Gasteiger partial charge >= 0.3 is 103 Å². The molecule has 0 saturated carbocycles. The number of halogens is 1. The number of hydrogen-bond donors (Lipinski definition) is 1. The third-order valence-corrected chi connectivity index (χ3v) is 7.77. The molecular formula is C9H7ClHgN2O2. The van der Waals surface area contributed by atoms with Crippen LogP contribution in [0.15, 0.2) is 35.1 Å². The van der Waals surface area contributed by atoms with E-state index in [1.165, 1.54) is 6.39 Å². The summed E-state index contributed by atoms with van der Waals surface area (Å²) in [7, 11) is 5.88. The van der Waals surface area contributed by atoms with Gasteiger partial charge in [0.1, 0.15) is 0 Å². The number of rotatable bonds is 2. The van der Waals surface area contributed by atoms with Crippen LogP contribution in [0.1, 0.15) is 0 Å². The van der Waals surface area contributed by atoms with Gasteiger partial charge in [-0.1, -0.05) is 0 Å². The van der Waals surface area contributed by atoms with E-state index in [1.807, 2.05) is 18.2 Å². The summed E-state index contributed by atoms with van der Waals surface area (Å²) >= 11 is -1.83. The van der Waals surface area contributed by atoms with Crippen LogP contribution in [0.25, 0.3) is 5.69 Å². The van der Waals surface area contributed by atoms with Gasteiger partial charge in [-0.25, -0.2) is 0 Å². The first kappa shape index (κ1) is 10.8. The third-order valence-electron chi connectivity index (χ3n) is 2.11. The van der Waals surface area contributed by atoms with Gasteiger partial charge in [0.15, 0.2) is 0 Å². The second-order valence-corrected chi connectivity index (χ2v) is 9.01. The number of anilines is 1. The number of oxazole rings is 1. The molecule has 4 nitrogen and oxygen atoms in total. The van der Waals surface area contributed by atoms with E-state index in [0.717, 1.165) is 5.69 Å². The Morgan fingerprint density at radius 1 is 1.40 bits per heavy atom. The van der Waals surface area contributed by atoms with Gasteiger partial charge in [0.05, 0.1) is 0 Å².